The molecule has 9 nitrogen and oxygen atoms in total. The molecule has 1 fully saturated rings. The molecule has 33 heavy (non-hydrogen) atoms. The number of carbonyl (C=O) groups is 2. The monoisotopic (exact) mass is 540 g/mol. The van der Waals surface area contributed by atoms with Crippen molar-refractivity contribution in [3.8, 4) is 11.5 Å². The third-order valence-electron chi connectivity index (χ3n) is 4.89. The van der Waals surface area contributed by atoms with Crippen LogP contribution >= 0.6 is 15.9 Å². The molecule has 0 aromatic heterocycles. The summed E-state index contributed by atoms with van der Waals surface area (Å²) in [5.74, 6) is -0.567. The number of hydrogen-bond acceptors (Lipinski definition) is 6. The van der Waals surface area contributed by atoms with Crippen molar-refractivity contribution in [2.75, 3.05) is 32.8 Å². The van der Waals surface area contributed by atoms with E-state index in [4.69, 9.17) is 14.6 Å². The third kappa shape index (κ3) is 6.24. The van der Waals surface area contributed by atoms with Gasteiger partial charge in [-0.05, 0) is 72.2 Å². The highest BCUT2D eigenvalue weighted by Crippen LogP contribution is 2.27. The molecule has 1 saturated heterocycles. The summed E-state index contributed by atoms with van der Waals surface area (Å²) in [5, 5.41) is 8.79. The molecular formula is C22H25BrN2O7S. The minimum atomic E-state index is -3.69. The van der Waals surface area contributed by atoms with Gasteiger partial charge in [0.2, 0.25) is 10.0 Å². The van der Waals surface area contributed by atoms with E-state index in [0.29, 0.717) is 15.8 Å². The van der Waals surface area contributed by atoms with Crippen LogP contribution in [0.15, 0.2) is 51.8 Å². The Hall–Kier alpha value is -2.63. The number of nitrogens with zero attached hydrogens (tertiary/aromatic N) is 2. The number of hydrogen-bond donors (Lipinski definition) is 1. The fourth-order valence-corrected chi connectivity index (χ4v) is 5.10. The molecule has 1 amide bonds. The topological polar surface area (TPSA) is 113 Å². The van der Waals surface area contributed by atoms with Gasteiger partial charge in [0, 0.05) is 31.7 Å². The molecular weight excluding hydrogens is 516 g/mol. The minimum Gasteiger partial charge on any atom is -0.491 e. The molecule has 11 heteroatoms. The Morgan fingerprint density at radius 2 is 1.70 bits per heavy atom. The van der Waals surface area contributed by atoms with E-state index in [1.807, 2.05) is 13.8 Å². The van der Waals surface area contributed by atoms with Crippen molar-refractivity contribution < 1.29 is 32.6 Å². The van der Waals surface area contributed by atoms with Crippen molar-refractivity contribution in [2.24, 2.45) is 0 Å². The molecule has 1 aliphatic heterocycles. The summed E-state index contributed by atoms with van der Waals surface area (Å²) >= 11 is 3.27. The summed E-state index contributed by atoms with van der Waals surface area (Å²) in [6.45, 7) is 4.04. The van der Waals surface area contributed by atoms with Gasteiger partial charge in [0.1, 0.15) is 11.5 Å². The number of benzene rings is 2. The fourth-order valence-electron chi connectivity index (χ4n) is 3.31. The molecule has 178 valence electrons. The average Bonchev–Trinajstić information content (AvgIpc) is 2.78. The van der Waals surface area contributed by atoms with Gasteiger partial charge in [-0.2, -0.15) is 4.31 Å². The number of ether oxygens (including phenoxy) is 2. The van der Waals surface area contributed by atoms with Crippen molar-refractivity contribution in [1.82, 2.24) is 9.21 Å². The predicted molar refractivity (Wildman–Crippen MR) is 124 cm³/mol. The number of piperazine rings is 1. The van der Waals surface area contributed by atoms with Gasteiger partial charge in [-0.1, -0.05) is 0 Å². The number of sulfonamides is 1. The molecule has 1 aliphatic rings. The van der Waals surface area contributed by atoms with Gasteiger partial charge in [-0.15, -0.1) is 0 Å². The lowest BCUT2D eigenvalue weighted by Gasteiger charge is -2.34. The van der Waals surface area contributed by atoms with Crippen LogP contribution in [0.4, 0.5) is 0 Å². The Bertz CT molecular complexity index is 1110. The first kappa shape index (κ1) is 25.0. The quantitative estimate of drug-likeness (QED) is 0.547. The first-order chi connectivity index (χ1) is 15.6. The Kier molecular flexibility index (Phi) is 7.98. The second kappa shape index (κ2) is 10.5. The lowest BCUT2D eigenvalue weighted by molar-refractivity contribution is -0.139. The zero-order valence-corrected chi connectivity index (χ0v) is 20.6. The highest BCUT2D eigenvalue weighted by atomic mass is 79.9. The zero-order chi connectivity index (χ0) is 24.2. The molecule has 1 heterocycles. The van der Waals surface area contributed by atoms with E-state index in [0.717, 1.165) is 0 Å². The van der Waals surface area contributed by atoms with Crippen LogP contribution in [0.5, 0.6) is 11.5 Å². The Balaban J connectivity index is 1.65. The second-order valence-corrected chi connectivity index (χ2v) is 10.5. The van der Waals surface area contributed by atoms with Gasteiger partial charge < -0.3 is 19.5 Å². The van der Waals surface area contributed by atoms with Gasteiger partial charge in [-0.3, -0.25) is 4.79 Å². The first-order valence-corrected chi connectivity index (χ1v) is 12.5. The van der Waals surface area contributed by atoms with E-state index in [1.165, 1.54) is 22.5 Å². The first-order valence-electron chi connectivity index (χ1n) is 10.3. The number of carboxylic acid groups (broad SMARTS) is 1. The van der Waals surface area contributed by atoms with Gasteiger partial charge in [0.15, 0.2) is 6.61 Å². The van der Waals surface area contributed by atoms with Gasteiger partial charge in [-0.25, -0.2) is 13.2 Å². The molecule has 0 spiro atoms. The highest BCUT2D eigenvalue weighted by molar-refractivity contribution is 9.10. The van der Waals surface area contributed by atoms with Gasteiger partial charge >= 0.3 is 5.97 Å². The van der Waals surface area contributed by atoms with E-state index >= 15 is 0 Å². The van der Waals surface area contributed by atoms with Gasteiger partial charge in [0.25, 0.3) is 5.91 Å². The van der Waals surface area contributed by atoms with Crippen LogP contribution in [0.3, 0.4) is 0 Å². The number of aliphatic carboxylic acids is 1. The maximum absolute atomic E-state index is 13.0. The van der Waals surface area contributed by atoms with E-state index < -0.39 is 22.6 Å². The molecule has 0 aliphatic carbocycles. The minimum absolute atomic E-state index is 0.0105. The normalized spacial score (nSPS) is 14.8. The molecule has 3 rings (SSSR count). The Morgan fingerprint density at radius 3 is 2.27 bits per heavy atom. The van der Waals surface area contributed by atoms with Crippen molar-refractivity contribution in [1.29, 1.82) is 0 Å². The van der Waals surface area contributed by atoms with Crippen LogP contribution in [-0.4, -0.2) is 73.5 Å². The molecule has 2 aromatic carbocycles. The number of carbonyl (C=O) groups excluding carboxylic acids is 1. The van der Waals surface area contributed by atoms with E-state index in [2.05, 4.69) is 15.9 Å². The number of rotatable bonds is 8. The summed E-state index contributed by atoms with van der Waals surface area (Å²) in [5.41, 5.74) is 0.329. The fraction of sp³-hybridized carbons (Fsp3) is 0.364. The smallest absolute Gasteiger partial charge is 0.341 e. The van der Waals surface area contributed by atoms with Gasteiger partial charge in [0.05, 0.1) is 15.5 Å². The molecule has 0 atom stereocenters. The zero-order valence-electron chi connectivity index (χ0n) is 18.2. The third-order valence-corrected chi connectivity index (χ3v) is 7.46. The molecule has 0 radical (unpaired) electrons. The molecule has 2 aromatic rings. The number of halogens is 1. The SMILES string of the molecule is CC(C)Oc1ccc(S(=O)(=O)N2CCN(C(=O)c3ccc(Br)c(OCC(=O)O)c3)CC2)cc1. The van der Waals surface area contributed by atoms with Crippen molar-refractivity contribution in [3.05, 3.63) is 52.5 Å². The van der Waals surface area contributed by atoms with Crippen LogP contribution in [0.25, 0.3) is 0 Å². The highest BCUT2D eigenvalue weighted by Gasteiger charge is 2.30. The molecule has 0 unspecified atom stereocenters. The maximum Gasteiger partial charge on any atom is 0.341 e. The summed E-state index contributed by atoms with van der Waals surface area (Å²) in [6.07, 6.45) is -0.0105. The standard InChI is InChI=1S/C22H25BrN2O7S/c1-15(2)32-17-4-6-18(7-5-17)33(29,30)25-11-9-24(10-12-25)22(28)16-3-8-19(23)20(13-16)31-14-21(26)27/h3-8,13,15H,9-12,14H2,1-2H3,(H,26,27). The summed E-state index contributed by atoms with van der Waals surface area (Å²) in [7, 11) is -3.69. The predicted octanol–water partition coefficient (Wildman–Crippen LogP) is 2.85. The summed E-state index contributed by atoms with van der Waals surface area (Å²) in [6, 6.07) is 11.0. The number of carboxylic acids is 1. The Labute approximate surface area is 201 Å². The van der Waals surface area contributed by atoms with Crippen molar-refractivity contribution >= 4 is 37.8 Å². The van der Waals surface area contributed by atoms with E-state index in [1.54, 1.807) is 29.2 Å². The summed E-state index contributed by atoms with van der Waals surface area (Å²) < 4.78 is 38.6. The van der Waals surface area contributed by atoms with Crippen molar-refractivity contribution in [3.63, 3.8) is 0 Å². The molecule has 0 bridgehead atoms. The summed E-state index contributed by atoms with van der Waals surface area (Å²) in [4.78, 5) is 25.4. The second-order valence-electron chi connectivity index (χ2n) is 7.66. The average molecular weight is 541 g/mol. The molecule has 0 saturated carbocycles. The Morgan fingerprint density at radius 1 is 1.06 bits per heavy atom. The largest absolute Gasteiger partial charge is 0.491 e. The number of amides is 1. The van der Waals surface area contributed by atoms with Crippen LogP contribution in [0.1, 0.15) is 24.2 Å². The lowest BCUT2D eigenvalue weighted by Crippen LogP contribution is -2.50. The lowest BCUT2D eigenvalue weighted by atomic mass is 10.1. The van der Waals surface area contributed by atoms with E-state index in [-0.39, 0.29) is 48.8 Å². The molecule has 1 N–H and O–H groups in total. The van der Waals surface area contributed by atoms with Crippen LogP contribution in [-0.2, 0) is 14.8 Å². The van der Waals surface area contributed by atoms with E-state index in [9.17, 15) is 18.0 Å². The van der Waals surface area contributed by atoms with Crippen molar-refractivity contribution in [2.45, 2.75) is 24.8 Å². The maximum atomic E-state index is 13.0. The van der Waals surface area contributed by atoms with Crippen LogP contribution in [0, 0.1) is 0 Å². The van der Waals surface area contributed by atoms with Crippen LogP contribution < -0.4 is 9.47 Å². The van der Waals surface area contributed by atoms with Crippen LogP contribution in [0.2, 0.25) is 0 Å².